The average Bonchev–Trinajstić information content (AvgIpc) is 2.71. The summed E-state index contributed by atoms with van der Waals surface area (Å²) in [5, 5.41) is 4.92. The van der Waals surface area contributed by atoms with Crippen LogP contribution in [0.25, 0.3) is 0 Å². The Balaban J connectivity index is 3.02. The van der Waals surface area contributed by atoms with Crippen LogP contribution in [0.4, 0.5) is 0 Å². The largest absolute Gasteiger partial charge is 0.315 e. The van der Waals surface area contributed by atoms with Crippen LogP contribution in [0.5, 0.6) is 0 Å². The van der Waals surface area contributed by atoms with E-state index in [2.05, 4.69) is 10.0 Å². The molecule has 4 nitrogen and oxygen atoms in total. The van der Waals surface area contributed by atoms with Gasteiger partial charge in [0.25, 0.3) is 0 Å². The summed E-state index contributed by atoms with van der Waals surface area (Å²) in [5.74, 6) is 0.792. The van der Waals surface area contributed by atoms with Gasteiger partial charge >= 0.3 is 0 Å². The number of hydrogen-bond donors (Lipinski definition) is 2. The predicted molar refractivity (Wildman–Crippen MR) is 84.6 cm³/mol. The van der Waals surface area contributed by atoms with Crippen LogP contribution in [0.2, 0.25) is 0 Å². The van der Waals surface area contributed by atoms with E-state index in [4.69, 9.17) is 0 Å². The molecule has 1 rings (SSSR count). The predicted octanol–water partition coefficient (Wildman–Crippen LogP) is 2.20. The minimum absolute atomic E-state index is 0.0123. The number of sulfonamides is 1. The normalized spacial score (nSPS) is 13.7. The van der Waals surface area contributed by atoms with Gasteiger partial charge in [-0.25, -0.2) is 13.1 Å². The van der Waals surface area contributed by atoms with Crippen molar-refractivity contribution >= 4 is 33.1 Å². The highest BCUT2D eigenvalue weighted by molar-refractivity contribution is 7.98. The first-order valence-corrected chi connectivity index (χ1v) is 9.94. The summed E-state index contributed by atoms with van der Waals surface area (Å²) in [6.45, 7) is 4.42. The second-order valence-corrected chi connectivity index (χ2v) is 7.91. The minimum atomic E-state index is -3.43. The van der Waals surface area contributed by atoms with Gasteiger partial charge in [-0.05, 0) is 37.6 Å². The first kappa shape index (κ1) is 17.0. The third-order valence-electron chi connectivity index (χ3n) is 2.78. The summed E-state index contributed by atoms with van der Waals surface area (Å²) in [6.07, 6.45) is 2.78. The van der Waals surface area contributed by atoms with E-state index in [0.29, 0.717) is 11.4 Å². The van der Waals surface area contributed by atoms with Crippen molar-refractivity contribution in [2.45, 2.75) is 37.8 Å². The summed E-state index contributed by atoms with van der Waals surface area (Å²) in [6, 6.07) is -0.0123. The van der Waals surface area contributed by atoms with Gasteiger partial charge in [-0.2, -0.15) is 11.8 Å². The van der Waals surface area contributed by atoms with Crippen LogP contribution < -0.4 is 10.0 Å². The highest BCUT2D eigenvalue weighted by Crippen LogP contribution is 2.27. The molecule has 19 heavy (non-hydrogen) atoms. The fourth-order valence-corrected chi connectivity index (χ4v) is 5.81. The van der Waals surface area contributed by atoms with Crippen molar-refractivity contribution in [2.24, 2.45) is 0 Å². The third kappa shape index (κ3) is 4.46. The molecular formula is C12H22N2O2S3. The van der Waals surface area contributed by atoms with E-state index in [9.17, 15) is 8.42 Å². The molecule has 110 valence electrons. The molecule has 0 fully saturated rings. The van der Waals surface area contributed by atoms with E-state index < -0.39 is 10.0 Å². The molecule has 1 unspecified atom stereocenters. The maximum absolute atomic E-state index is 12.5. The van der Waals surface area contributed by atoms with Crippen LogP contribution in [-0.4, -0.2) is 33.5 Å². The molecule has 0 aliphatic rings. The first-order valence-electron chi connectivity index (χ1n) is 6.19. The summed E-state index contributed by atoms with van der Waals surface area (Å²) in [5.41, 5.74) is 0.821. The van der Waals surface area contributed by atoms with E-state index in [1.807, 2.05) is 32.5 Å². The zero-order chi connectivity index (χ0) is 14.5. The molecule has 2 N–H and O–H groups in total. The maximum atomic E-state index is 12.5. The van der Waals surface area contributed by atoms with Crippen LogP contribution in [0.3, 0.4) is 0 Å². The molecule has 1 aromatic heterocycles. The Morgan fingerprint density at radius 2 is 2.16 bits per heavy atom. The lowest BCUT2D eigenvalue weighted by Crippen LogP contribution is -2.36. The van der Waals surface area contributed by atoms with Gasteiger partial charge in [0.2, 0.25) is 10.0 Å². The zero-order valence-electron chi connectivity index (χ0n) is 11.8. The fraction of sp³-hybridized carbons (Fsp3) is 0.667. The van der Waals surface area contributed by atoms with Crippen LogP contribution in [0.1, 0.15) is 23.8 Å². The van der Waals surface area contributed by atoms with E-state index in [1.54, 1.807) is 11.8 Å². The van der Waals surface area contributed by atoms with Crippen molar-refractivity contribution < 1.29 is 8.42 Å². The van der Waals surface area contributed by atoms with Gasteiger partial charge in [-0.1, -0.05) is 6.92 Å². The lowest BCUT2D eigenvalue weighted by atomic mass is 10.3. The molecule has 0 saturated carbocycles. The molecule has 7 heteroatoms. The maximum Gasteiger partial charge on any atom is 0.242 e. The molecule has 0 bridgehead atoms. The topological polar surface area (TPSA) is 58.2 Å². The van der Waals surface area contributed by atoms with Gasteiger partial charge in [-0.3, -0.25) is 0 Å². The molecule has 0 aliphatic heterocycles. The van der Waals surface area contributed by atoms with Crippen LogP contribution >= 0.6 is 23.1 Å². The third-order valence-corrected chi connectivity index (χ3v) is 6.50. The Morgan fingerprint density at radius 3 is 2.68 bits per heavy atom. The van der Waals surface area contributed by atoms with Gasteiger partial charge in [0.05, 0.1) is 0 Å². The molecule has 0 spiro atoms. The Morgan fingerprint density at radius 1 is 1.47 bits per heavy atom. The van der Waals surface area contributed by atoms with Gasteiger partial charge in [-0.15, -0.1) is 11.3 Å². The molecular weight excluding hydrogens is 300 g/mol. The molecule has 1 heterocycles. The SMILES string of the molecule is CCC(CSC)NS(=O)(=O)c1c(C)csc1CNC. The molecule has 0 aliphatic carbocycles. The van der Waals surface area contributed by atoms with Crippen molar-refractivity contribution in [3.8, 4) is 0 Å². The monoisotopic (exact) mass is 322 g/mol. The summed E-state index contributed by atoms with van der Waals surface area (Å²) in [7, 11) is -1.61. The minimum Gasteiger partial charge on any atom is -0.315 e. The standard InChI is InChI=1S/C12H22N2O2S3/c1-5-10(8-17-4)14-19(15,16)12-9(2)7-18-11(12)6-13-3/h7,10,13-14H,5-6,8H2,1-4H3. The Hall–Kier alpha value is -0.0800. The number of aryl methyl sites for hydroxylation is 1. The zero-order valence-corrected chi connectivity index (χ0v) is 14.3. The molecule has 0 saturated heterocycles. The highest BCUT2D eigenvalue weighted by atomic mass is 32.2. The van der Waals surface area contributed by atoms with E-state index in [0.717, 1.165) is 22.6 Å². The number of thiophene rings is 1. The lowest BCUT2D eigenvalue weighted by Gasteiger charge is -2.16. The summed E-state index contributed by atoms with van der Waals surface area (Å²) >= 11 is 3.14. The number of nitrogens with one attached hydrogen (secondary N) is 2. The Kier molecular flexibility index (Phi) is 6.82. The first-order chi connectivity index (χ1) is 8.96. The van der Waals surface area contributed by atoms with E-state index >= 15 is 0 Å². The summed E-state index contributed by atoms with van der Waals surface area (Å²) < 4.78 is 27.8. The lowest BCUT2D eigenvalue weighted by molar-refractivity contribution is 0.556. The quantitative estimate of drug-likeness (QED) is 0.770. The van der Waals surface area contributed by atoms with E-state index in [-0.39, 0.29) is 6.04 Å². The van der Waals surface area contributed by atoms with Crippen LogP contribution in [0, 0.1) is 6.92 Å². The second kappa shape index (κ2) is 7.64. The highest BCUT2D eigenvalue weighted by Gasteiger charge is 2.25. The summed E-state index contributed by atoms with van der Waals surface area (Å²) in [4.78, 5) is 1.32. The molecule has 1 atom stereocenters. The fourth-order valence-electron chi connectivity index (χ4n) is 1.85. The van der Waals surface area contributed by atoms with Gasteiger partial charge in [0.15, 0.2) is 0 Å². The van der Waals surface area contributed by atoms with E-state index in [1.165, 1.54) is 11.3 Å². The van der Waals surface area contributed by atoms with Gasteiger partial charge in [0.1, 0.15) is 4.90 Å². The van der Waals surface area contributed by atoms with Crippen LogP contribution in [0.15, 0.2) is 10.3 Å². The van der Waals surface area contributed by atoms with Crippen molar-refractivity contribution in [2.75, 3.05) is 19.1 Å². The van der Waals surface area contributed by atoms with Gasteiger partial charge < -0.3 is 5.32 Å². The smallest absolute Gasteiger partial charge is 0.242 e. The average molecular weight is 323 g/mol. The number of hydrogen-bond acceptors (Lipinski definition) is 5. The van der Waals surface area contributed by atoms with Crippen LogP contribution in [-0.2, 0) is 16.6 Å². The van der Waals surface area contributed by atoms with Crippen molar-refractivity contribution in [1.82, 2.24) is 10.0 Å². The van der Waals surface area contributed by atoms with Crippen molar-refractivity contribution in [1.29, 1.82) is 0 Å². The molecule has 1 aromatic rings. The molecule has 0 radical (unpaired) electrons. The number of rotatable bonds is 8. The van der Waals surface area contributed by atoms with Gasteiger partial charge in [0, 0.05) is 23.2 Å². The Labute approximate surface area is 124 Å². The molecule has 0 aromatic carbocycles. The second-order valence-electron chi connectivity index (χ2n) is 4.38. The van der Waals surface area contributed by atoms with Crippen molar-refractivity contribution in [3.63, 3.8) is 0 Å². The van der Waals surface area contributed by atoms with Crippen molar-refractivity contribution in [3.05, 3.63) is 15.8 Å². The Bertz CT molecular complexity index is 497. The number of thioether (sulfide) groups is 1. The molecule has 0 amide bonds.